The molecule has 0 atom stereocenters. The van der Waals surface area contributed by atoms with Crippen molar-refractivity contribution in [3.05, 3.63) is 52.8 Å². The number of hydrogen-bond donors (Lipinski definition) is 2. The Morgan fingerprint density at radius 3 is 2.88 bits per heavy atom. The highest BCUT2D eigenvalue weighted by atomic mass is 16.3. The first kappa shape index (κ1) is 15.4. The number of nitrogen functional groups attached to an aromatic ring is 1. The molecule has 0 fully saturated rings. The Balaban J connectivity index is 2.00. The molecule has 0 bridgehead atoms. The molecule has 0 spiro atoms. The molecule has 6 nitrogen and oxygen atoms in total. The summed E-state index contributed by atoms with van der Waals surface area (Å²) in [5, 5.41) is 23.3. The molecule has 0 saturated heterocycles. The van der Waals surface area contributed by atoms with Crippen LogP contribution in [-0.2, 0) is 13.0 Å². The SMILES string of the molecule is Cc1nn(CCO)cc1-c1c(C#N)c(N)nc2c1Cc1ccccc1-2. The molecule has 0 radical (unpaired) electrons. The van der Waals surface area contributed by atoms with Crippen molar-refractivity contribution in [1.82, 2.24) is 14.8 Å². The first-order valence-electron chi connectivity index (χ1n) is 8.10. The van der Waals surface area contributed by atoms with Gasteiger partial charge in [-0.15, -0.1) is 0 Å². The van der Waals surface area contributed by atoms with Gasteiger partial charge in [0, 0.05) is 29.3 Å². The van der Waals surface area contributed by atoms with Gasteiger partial charge in [-0.2, -0.15) is 10.4 Å². The van der Waals surface area contributed by atoms with Crippen molar-refractivity contribution in [2.75, 3.05) is 12.3 Å². The summed E-state index contributed by atoms with van der Waals surface area (Å²) in [6, 6.07) is 10.3. The second kappa shape index (κ2) is 5.72. The summed E-state index contributed by atoms with van der Waals surface area (Å²) in [7, 11) is 0. The molecule has 2 heterocycles. The average molecular weight is 331 g/mol. The molecule has 6 heteroatoms. The minimum Gasteiger partial charge on any atom is -0.394 e. The number of nitriles is 1. The summed E-state index contributed by atoms with van der Waals surface area (Å²) in [6.45, 7) is 2.31. The minimum absolute atomic E-state index is 0.00764. The minimum atomic E-state index is 0.00764. The lowest BCUT2D eigenvalue weighted by Crippen LogP contribution is -2.03. The van der Waals surface area contributed by atoms with Crippen LogP contribution < -0.4 is 5.73 Å². The zero-order valence-electron chi connectivity index (χ0n) is 13.8. The number of aromatic nitrogens is 3. The second-order valence-electron chi connectivity index (χ2n) is 6.13. The van der Waals surface area contributed by atoms with Gasteiger partial charge in [0.05, 0.1) is 24.5 Å². The number of nitrogens with zero attached hydrogens (tertiary/aromatic N) is 4. The molecule has 0 aliphatic heterocycles. The van der Waals surface area contributed by atoms with Crippen molar-refractivity contribution >= 4 is 5.82 Å². The number of aryl methyl sites for hydroxylation is 1. The molecule has 1 aliphatic carbocycles. The lowest BCUT2D eigenvalue weighted by atomic mass is 9.94. The van der Waals surface area contributed by atoms with Gasteiger partial charge < -0.3 is 10.8 Å². The van der Waals surface area contributed by atoms with Crippen molar-refractivity contribution in [3.8, 4) is 28.5 Å². The third-order valence-electron chi connectivity index (χ3n) is 4.62. The molecule has 25 heavy (non-hydrogen) atoms. The summed E-state index contributed by atoms with van der Waals surface area (Å²) in [4.78, 5) is 4.51. The Kier molecular flexibility index (Phi) is 3.52. The Labute approximate surface area is 145 Å². The van der Waals surface area contributed by atoms with E-state index in [2.05, 4.69) is 22.2 Å². The Bertz CT molecular complexity index is 1030. The molecule has 0 saturated carbocycles. The normalized spacial score (nSPS) is 11.9. The molecule has 3 N–H and O–H groups in total. The van der Waals surface area contributed by atoms with Crippen LogP contribution in [0.2, 0.25) is 0 Å². The van der Waals surface area contributed by atoms with Crippen molar-refractivity contribution < 1.29 is 5.11 Å². The van der Waals surface area contributed by atoms with Crippen LogP contribution in [0.1, 0.15) is 22.4 Å². The molecule has 0 amide bonds. The van der Waals surface area contributed by atoms with Crippen LogP contribution in [0, 0.1) is 18.3 Å². The maximum Gasteiger partial charge on any atom is 0.142 e. The van der Waals surface area contributed by atoms with Crippen LogP contribution in [0.3, 0.4) is 0 Å². The largest absolute Gasteiger partial charge is 0.394 e. The van der Waals surface area contributed by atoms with Gasteiger partial charge in [-0.3, -0.25) is 4.68 Å². The number of benzene rings is 1. The average Bonchev–Trinajstić information content (AvgIpc) is 3.14. The third kappa shape index (κ3) is 2.29. The van der Waals surface area contributed by atoms with Crippen LogP contribution in [0.25, 0.3) is 22.4 Å². The fourth-order valence-electron chi connectivity index (χ4n) is 3.52. The van der Waals surface area contributed by atoms with E-state index in [9.17, 15) is 5.26 Å². The molecular formula is C19H17N5O. The maximum absolute atomic E-state index is 9.67. The smallest absolute Gasteiger partial charge is 0.142 e. The lowest BCUT2D eigenvalue weighted by Gasteiger charge is -2.12. The van der Waals surface area contributed by atoms with E-state index >= 15 is 0 Å². The lowest BCUT2D eigenvalue weighted by molar-refractivity contribution is 0.269. The van der Waals surface area contributed by atoms with Crippen LogP contribution in [-0.4, -0.2) is 26.5 Å². The van der Waals surface area contributed by atoms with E-state index in [-0.39, 0.29) is 12.4 Å². The summed E-state index contributed by atoms with van der Waals surface area (Å²) >= 11 is 0. The highest BCUT2D eigenvalue weighted by Gasteiger charge is 2.28. The predicted molar refractivity (Wildman–Crippen MR) is 94.7 cm³/mol. The van der Waals surface area contributed by atoms with Gasteiger partial charge in [0.1, 0.15) is 17.5 Å². The van der Waals surface area contributed by atoms with Gasteiger partial charge in [0.2, 0.25) is 0 Å². The van der Waals surface area contributed by atoms with Gasteiger partial charge >= 0.3 is 0 Å². The number of aliphatic hydroxyl groups excluding tert-OH is 1. The summed E-state index contributed by atoms with van der Waals surface area (Å²) in [5.41, 5.74) is 13.1. The zero-order chi connectivity index (χ0) is 17.6. The van der Waals surface area contributed by atoms with Gasteiger partial charge in [0.25, 0.3) is 0 Å². The van der Waals surface area contributed by atoms with Crippen LogP contribution in [0.5, 0.6) is 0 Å². The fourth-order valence-corrected chi connectivity index (χ4v) is 3.52. The van der Waals surface area contributed by atoms with Gasteiger partial charge in [-0.1, -0.05) is 24.3 Å². The molecule has 2 aromatic heterocycles. The first-order chi connectivity index (χ1) is 12.1. The third-order valence-corrected chi connectivity index (χ3v) is 4.62. The molecular weight excluding hydrogens is 314 g/mol. The number of anilines is 1. The Morgan fingerprint density at radius 1 is 1.32 bits per heavy atom. The number of aliphatic hydroxyl groups is 1. The number of hydrogen-bond acceptors (Lipinski definition) is 5. The van der Waals surface area contributed by atoms with Crippen LogP contribution in [0.4, 0.5) is 5.82 Å². The number of fused-ring (bicyclic) bond motifs is 3. The Morgan fingerprint density at radius 2 is 2.12 bits per heavy atom. The topological polar surface area (TPSA) is 101 Å². The van der Waals surface area contributed by atoms with E-state index < -0.39 is 0 Å². The molecule has 0 unspecified atom stereocenters. The summed E-state index contributed by atoms with van der Waals surface area (Å²) < 4.78 is 1.69. The van der Waals surface area contributed by atoms with E-state index in [1.165, 1.54) is 5.56 Å². The van der Waals surface area contributed by atoms with E-state index in [4.69, 9.17) is 10.8 Å². The van der Waals surface area contributed by atoms with Gasteiger partial charge in [0.15, 0.2) is 0 Å². The van der Waals surface area contributed by atoms with E-state index in [0.717, 1.165) is 33.6 Å². The van der Waals surface area contributed by atoms with Gasteiger partial charge in [-0.25, -0.2) is 4.98 Å². The summed E-state index contributed by atoms with van der Waals surface area (Å²) in [6.07, 6.45) is 2.58. The van der Waals surface area contributed by atoms with E-state index in [0.29, 0.717) is 18.5 Å². The standard InChI is InChI=1S/C19H17N5O/c1-11-16(10-24(23-11)6-7-25)17-14-8-12-4-2-3-5-13(12)18(14)22-19(21)15(17)9-20/h2-5,10,25H,6-8H2,1H3,(H2,21,22). The fraction of sp³-hybridized carbons (Fsp3) is 0.211. The molecule has 4 rings (SSSR count). The highest BCUT2D eigenvalue weighted by molar-refractivity contribution is 5.88. The molecule has 1 aromatic carbocycles. The molecule has 3 aromatic rings. The van der Waals surface area contributed by atoms with Crippen molar-refractivity contribution in [3.63, 3.8) is 0 Å². The molecule has 124 valence electrons. The summed E-state index contributed by atoms with van der Waals surface area (Å²) in [5.74, 6) is 0.238. The highest BCUT2D eigenvalue weighted by Crippen LogP contribution is 2.43. The maximum atomic E-state index is 9.67. The number of pyridine rings is 1. The number of nitrogens with two attached hydrogens (primary N) is 1. The van der Waals surface area contributed by atoms with Crippen molar-refractivity contribution in [2.45, 2.75) is 19.9 Å². The number of rotatable bonds is 3. The van der Waals surface area contributed by atoms with Crippen LogP contribution >= 0.6 is 0 Å². The molecule has 1 aliphatic rings. The van der Waals surface area contributed by atoms with Crippen LogP contribution in [0.15, 0.2) is 30.5 Å². The van der Waals surface area contributed by atoms with Crippen molar-refractivity contribution in [1.29, 1.82) is 5.26 Å². The first-order valence-corrected chi connectivity index (χ1v) is 8.10. The van der Waals surface area contributed by atoms with Crippen molar-refractivity contribution in [2.24, 2.45) is 0 Å². The Hall–Kier alpha value is -3.17. The quantitative estimate of drug-likeness (QED) is 0.600. The van der Waals surface area contributed by atoms with Gasteiger partial charge in [-0.05, 0) is 18.1 Å². The monoisotopic (exact) mass is 331 g/mol. The van der Waals surface area contributed by atoms with E-state index in [1.54, 1.807) is 4.68 Å². The zero-order valence-corrected chi connectivity index (χ0v) is 13.8. The predicted octanol–water partition coefficient (Wildman–Crippen LogP) is 2.27. The second-order valence-corrected chi connectivity index (χ2v) is 6.13. The van der Waals surface area contributed by atoms with E-state index in [1.807, 2.05) is 31.3 Å².